The van der Waals surface area contributed by atoms with E-state index in [1.807, 2.05) is 32.0 Å². The van der Waals surface area contributed by atoms with Crippen molar-refractivity contribution in [1.29, 1.82) is 0 Å². The number of ether oxygens (including phenoxy) is 1. The Kier molecular flexibility index (Phi) is 3.84. The summed E-state index contributed by atoms with van der Waals surface area (Å²) in [6.07, 6.45) is 0. The van der Waals surface area contributed by atoms with E-state index >= 15 is 0 Å². The predicted octanol–water partition coefficient (Wildman–Crippen LogP) is 2.36. The van der Waals surface area contributed by atoms with Crippen LogP contribution >= 0.6 is 0 Å². The maximum atomic E-state index is 13.1. The highest BCUT2D eigenvalue weighted by Gasteiger charge is 2.21. The van der Waals surface area contributed by atoms with Gasteiger partial charge in [0.1, 0.15) is 21.9 Å². The summed E-state index contributed by atoms with van der Waals surface area (Å²) in [5.74, 6) is 0.432. The Morgan fingerprint density at radius 3 is 2.73 bits per heavy atom. The van der Waals surface area contributed by atoms with Gasteiger partial charge in [0.25, 0.3) is 5.56 Å². The largest absolute Gasteiger partial charge is 0.496 e. The second-order valence-corrected chi connectivity index (χ2v) is 7.35. The molecule has 132 valence electrons. The minimum Gasteiger partial charge on any atom is -0.496 e. The molecule has 2 heterocycles. The van der Waals surface area contributed by atoms with Crippen LogP contribution in [0.5, 0.6) is 5.75 Å². The summed E-state index contributed by atoms with van der Waals surface area (Å²) in [5.41, 5.74) is 2.35. The smallest absolute Gasteiger partial charge is 0.285 e. The Bertz CT molecular complexity index is 1240. The summed E-state index contributed by atoms with van der Waals surface area (Å²) in [4.78, 5) is 17.3. The van der Waals surface area contributed by atoms with E-state index in [1.54, 1.807) is 22.7 Å². The van der Waals surface area contributed by atoms with Gasteiger partial charge in [0.15, 0.2) is 10.7 Å². The molecule has 0 saturated heterocycles. The lowest BCUT2D eigenvalue weighted by molar-refractivity contribution is 0.419. The van der Waals surface area contributed by atoms with Crippen LogP contribution in [0, 0.1) is 13.8 Å². The molecule has 1 unspecified atom stereocenters. The van der Waals surface area contributed by atoms with Gasteiger partial charge >= 0.3 is 0 Å². The maximum absolute atomic E-state index is 13.1. The Morgan fingerprint density at radius 2 is 2.00 bits per heavy atom. The van der Waals surface area contributed by atoms with Crippen molar-refractivity contribution in [2.45, 2.75) is 23.8 Å². The molecule has 2 aromatic carbocycles. The molecule has 0 saturated carbocycles. The van der Waals surface area contributed by atoms with Crippen molar-refractivity contribution >= 4 is 27.3 Å². The average molecular weight is 368 g/mol. The molecule has 7 nitrogen and oxygen atoms in total. The van der Waals surface area contributed by atoms with E-state index in [2.05, 4.69) is 15.3 Å². The van der Waals surface area contributed by atoms with E-state index in [9.17, 15) is 9.00 Å². The van der Waals surface area contributed by atoms with Crippen LogP contribution in [0.4, 0.5) is 0 Å². The number of benzene rings is 2. The monoisotopic (exact) mass is 368 g/mol. The summed E-state index contributed by atoms with van der Waals surface area (Å²) in [5, 5.41) is 7.55. The molecule has 1 atom stereocenters. The van der Waals surface area contributed by atoms with Crippen LogP contribution in [0.15, 0.2) is 51.1 Å². The molecule has 2 aromatic heterocycles. The number of hydrogen-bond donors (Lipinski definition) is 1. The van der Waals surface area contributed by atoms with Gasteiger partial charge in [-0.25, -0.2) is 13.9 Å². The van der Waals surface area contributed by atoms with Crippen LogP contribution in [0.2, 0.25) is 0 Å². The van der Waals surface area contributed by atoms with Crippen molar-refractivity contribution in [3.63, 3.8) is 0 Å². The third-order valence-corrected chi connectivity index (χ3v) is 5.73. The van der Waals surface area contributed by atoms with Gasteiger partial charge < -0.3 is 4.74 Å². The molecule has 0 aliphatic carbocycles. The van der Waals surface area contributed by atoms with E-state index in [0.29, 0.717) is 21.5 Å². The Morgan fingerprint density at radius 1 is 1.19 bits per heavy atom. The van der Waals surface area contributed by atoms with Gasteiger partial charge in [-0.1, -0.05) is 23.8 Å². The molecule has 1 N–H and O–H groups in total. The number of fused-ring (bicyclic) bond motifs is 3. The quantitative estimate of drug-likeness (QED) is 0.600. The second-order valence-electron chi connectivity index (χ2n) is 5.99. The molecule has 26 heavy (non-hydrogen) atoms. The number of methoxy groups -OCH3 is 1. The summed E-state index contributed by atoms with van der Waals surface area (Å²) < 4.78 is 19.9. The van der Waals surface area contributed by atoms with Crippen LogP contribution < -0.4 is 10.3 Å². The molecule has 0 radical (unpaired) electrons. The third kappa shape index (κ3) is 2.41. The lowest BCUT2D eigenvalue weighted by Gasteiger charge is -2.06. The Balaban J connectivity index is 1.98. The first kappa shape index (κ1) is 16.5. The van der Waals surface area contributed by atoms with Gasteiger partial charge in [-0.15, -0.1) is 5.10 Å². The molecule has 0 fully saturated rings. The average Bonchev–Trinajstić information content (AvgIpc) is 3.04. The fourth-order valence-electron chi connectivity index (χ4n) is 3.03. The van der Waals surface area contributed by atoms with Crippen molar-refractivity contribution in [3.05, 3.63) is 57.9 Å². The predicted molar refractivity (Wildman–Crippen MR) is 98.3 cm³/mol. The van der Waals surface area contributed by atoms with Crippen molar-refractivity contribution in [2.75, 3.05) is 7.11 Å². The van der Waals surface area contributed by atoms with Crippen LogP contribution in [0.1, 0.15) is 11.1 Å². The first-order chi connectivity index (χ1) is 12.5. The van der Waals surface area contributed by atoms with Crippen LogP contribution in [0.25, 0.3) is 16.6 Å². The number of nitrogens with zero attached hydrogens (tertiary/aromatic N) is 3. The third-order valence-electron chi connectivity index (χ3n) is 4.25. The normalized spacial score (nSPS) is 12.6. The minimum absolute atomic E-state index is 0.221. The van der Waals surface area contributed by atoms with Crippen molar-refractivity contribution in [3.8, 4) is 5.75 Å². The lowest BCUT2D eigenvalue weighted by Crippen LogP contribution is -2.12. The molecule has 4 aromatic rings. The van der Waals surface area contributed by atoms with Crippen LogP contribution in [-0.2, 0) is 10.8 Å². The summed E-state index contributed by atoms with van der Waals surface area (Å²) in [7, 11) is -0.0675. The second kappa shape index (κ2) is 6.06. The zero-order chi connectivity index (χ0) is 18.4. The van der Waals surface area contributed by atoms with E-state index in [-0.39, 0.29) is 10.7 Å². The summed E-state index contributed by atoms with van der Waals surface area (Å²) in [6.45, 7) is 3.87. The Labute approximate surface area is 151 Å². The molecule has 4 rings (SSSR count). The number of aromatic amines is 1. The molecule has 0 aliphatic heterocycles. The molecule has 0 spiro atoms. The highest BCUT2D eigenvalue weighted by molar-refractivity contribution is 7.85. The maximum Gasteiger partial charge on any atom is 0.285 e. The van der Waals surface area contributed by atoms with Gasteiger partial charge in [0.2, 0.25) is 0 Å². The minimum atomic E-state index is -1.56. The van der Waals surface area contributed by atoms with Crippen LogP contribution in [-0.4, -0.2) is 31.1 Å². The number of H-pyrrole nitrogens is 1. The molecule has 0 amide bonds. The first-order valence-corrected chi connectivity index (χ1v) is 9.09. The number of nitrogens with one attached hydrogen (secondary N) is 1. The lowest BCUT2D eigenvalue weighted by atomic mass is 10.2. The molecule has 0 bridgehead atoms. The van der Waals surface area contributed by atoms with Gasteiger partial charge in [0, 0.05) is 4.90 Å². The Hall–Kier alpha value is -3.00. The van der Waals surface area contributed by atoms with Gasteiger partial charge in [-0.3, -0.25) is 4.79 Å². The SMILES string of the molecule is COc1cccc2c1c(=O)nc1c(S(=O)c3ccc(C)cc3C)n[nH]n12. The standard InChI is InChI=1S/C18H16N4O3S/c1-10-7-8-14(11(2)9-10)26(24)18-16-19-17(23)15-12(22(16)21-20-18)5-4-6-13(15)25-3/h4-9,21H,1-3H3. The van der Waals surface area contributed by atoms with E-state index in [4.69, 9.17) is 4.74 Å². The van der Waals surface area contributed by atoms with Crippen molar-refractivity contribution < 1.29 is 8.95 Å². The summed E-state index contributed by atoms with van der Waals surface area (Å²) in [6, 6.07) is 10.9. The molecule has 0 aliphatic rings. The zero-order valence-electron chi connectivity index (χ0n) is 14.4. The number of hydrogen-bond acceptors (Lipinski definition) is 5. The fourth-order valence-corrected chi connectivity index (χ4v) is 4.21. The molecular formula is C18H16N4O3S. The molecular weight excluding hydrogens is 352 g/mol. The van der Waals surface area contributed by atoms with Gasteiger partial charge in [0.05, 0.1) is 12.6 Å². The van der Waals surface area contributed by atoms with E-state index < -0.39 is 16.4 Å². The van der Waals surface area contributed by atoms with Crippen molar-refractivity contribution in [2.24, 2.45) is 0 Å². The number of aromatic nitrogens is 4. The number of rotatable bonds is 3. The van der Waals surface area contributed by atoms with Crippen LogP contribution in [0.3, 0.4) is 0 Å². The summed E-state index contributed by atoms with van der Waals surface area (Å²) >= 11 is 0. The topological polar surface area (TPSA) is 89.3 Å². The highest BCUT2D eigenvalue weighted by Crippen LogP contribution is 2.25. The van der Waals surface area contributed by atoms with Crippen molar-refractivity contribution in [1.82, 2.24) is 19.8 Å². The zero-order valence-corrected chi connectivity index (χ0v) is 15.3. The molecule has 8 heteroatoms. The fraction of sp³-hybridized carbons (Fsp3) is 0.167. The highest BCUT2D eigenvalue weighted by atomic mass is 32.2. The van der Waals surface area contributed by atoms with E-state index in [1.165, 1.54) is 7.11 Å². The van der Waals surface area contributed by atoms with Gasteiger partial charge in [-0.2, -0.15) is 4.98 Å². The number of aryl methyl sites for hydroxylation is 2. The van der Waals surface area contributed by atoms with E-state index in [0.717, 1.165) is 11.1 Å². The first-order valence-electron chi connectivity index (χ1n) is 7.94. The van der Waals surface area contributed by atoms with Gasteiger partial charge in [-0.05, 0) is 37.6 Å².